The van der Waals surface area contributed by atoms with Gasteiger partial charge in [-0.3, -0.25) is 4.79 Å². The molecule has 9 nitrogen and oxygen atoms in total. The molecule has 2 aromatic rings. The van der Waals surface area contributed by atoms with Crippen LogP contribution in [0.15, 0.2) is 60.7 Å². The van der Waals surface area contributed by atoms with Gasteiger partial charge >= 0.3 is 18.2 Å². The number of benzene rings is 2. The summed E-state index contributed by atoms with van der Waals surface area (Å²) in [5.41, 5.74) is 0.699. The maximum Gasteiger partial charge on any atom is 0.430 e. The highest BCUT2D eigenvalue weighted by molar-refractivity contribution is 6.12. The highest BCUT2D eigenvalue weighted by Gasteiger charge is 2.59. The Labute approximate surface area is 204 Å². The maximum absolute atomic E-state index is 13.3. The number of esters is 1. The average Bonchev–Trinajstić information content (AvgIpc) is 3.22. The van der Waals surface area contributed by atoms with Crippen molar-refractivity contribution in [3.8, 4) is 0 Å². The molecule has 1 saturated carbocycles. The molecule has 1 N–H and O–H groups in total. The maximum atomic E-state index is 13.3. The van der Waals surface area contributed by atoms with Crippen LogP contribution in [0.25, 0.3) is 0 Å². The number of amides is 2. The molecule has 0 spiro atoms. The van der Waals surface area contributed by atoms with Gasteiger partial charge in [-0.05, 0) is 44.7 Å². The Morgan fingerprint density at radius 2 is 1.46 bits per heavy atom. The number of hydrazine groups is 1. The van der Waals surface area contributed by atoms with E-state index in [0.717, 1.165) is 5.56 Å². The van der Waals surface area contributed by atoms with Gasteiger partial charge in [-0.15, -0.1) is 0 Å². The first kappa shape index (κ1) is 25.7. The number of ketones is 1. The molecule has 1 atom stereocenters. The Morgan fingerprint density at radius 1 is 0.914 bits per heavy atom. The van der Waals surface area contributed by atoms with Gasteiger partial charge in [0.2, 0.25) is 5.54 Å². The van der Waals surface area contributed by atoms with E-state index in [4.69, 9.17) is 14.2 Å². The number of hydrogen-bond donors (Lipinski definition) is 1. The number of carbonyl (C=O) groups excluding carboxylic acids is 4. The van der Waals surface area contributed by atoms with Crippen molar-refractivity contribution in [3.63, 3.8) is 0 Å². The predicted molar refractivity (Wildman–Crippen MR) is 126 cm³/mol. The zero-order valence-electron chi connectivity index (χ0n) is 20.1. The number of nitrogens with zero attached hydrogens (tertiary/aromatic N) is 1. The van der Waals surface area contributed by atoms with E-state index in [1.165, 1.54) is 0 Å². The zero-order valence-corrected chi connectivity index (χ0v) is 20.1. The topological polar surface area (TPSA) is 111 Å². The Balaban J connectivity index is 1.85. The number of rotatable bonds is 6. The summed E-state index contributed by atoms with van der Waals surface area (Å²) in [5.74, 6) is -1.49. The van der Waals surface area contributed by atoms with Crippen LogP contribution >= 0.6 is 0 Å². The monoisotopic (exact) mass is 482 g/mol. The highest BCUT2D eigenvalue weighted by Crippen LogP contribution is 2.34. The Kier molecular flexibility index (Phi) is 8.11. The van der Waals surface area contributed by atoms with Crippen molar-refractivity contribution in [1.29, 1.82) is 0 Å². The molecule has 9 heteroatoms. The van der Waals surface area contributed by atoms with E-state index in [1.54, 1.807) is 69.3 Å². The van der Waals surface area contributed by atoms with Crippen molar-refractivity contribution in [2.45, 2.75) is 64.4 Å². The van der Waals surface area contributed by atoms with Crippen LogP contribution in [-0.4, -0.2) is 40.1 Å². The predicted octanol–water partition coefficient (Wildman–Crippen LogP) is 4.30. The number of ether oxygens (including phenoxy) is 3. The van der Waals surface area contributed by atoms with Crippen molar-refractivity contribution in [1.82, 2.24) is 10.4 Å². The number of Topliss-reactive ketones (excluding diaryl/α,β-unsaturated/α-hetero) is 1. The van der Waals surface area contributed by atoms with Crippen LogP contribution in [0.1, 0.15) is 51.2 Å². The van der Waals surface area contributed by atoms with Crippen molar-refractivity contribution < 1.29 is 33.4 Å². The van der Waals surface area contributed by atoms with E-state index < -0.39 is 35.1 Å². The van der Waals surface area contributed by atoms with Gasteiger partial charge in [0.1, 0.15) is 18.8 Å². The first-order valence-electron chi connectivity index (χ1n) is 11.4. The van der Waals surface area contributed by atoms with Crippen molar-refractivity contribution in [3.05, 3.63) is 71.8 Å². The lowest BCUT2D eigenvalue weighted by Crippen LogP contribution is -2.66. The summed E-state index contributed by atoms with van der Waals surface area (Å²) in [7, 11) is 0. The van der Waals surface area contributed by atoms with Gasteiger partial charge in [0.15, 0.2) is 5.78 Å². The summed E-state index contributed by atoms with van der Waals surface area (Å²) in [6.45, 7) is 4.75. The van der Waals surface area contributed by atoms with Crippen molar-refractivity contribution in [2.75, 3.05) is 0 Å². The van der Waals surface area contributed by atoms with Gasteiger partial charge < -0.3 is 14.2 Å². The van der Waals surface area contributed by atoms with E-state index in [2.05, 4.69) is 5.43 Å². The number of nitrogens with one attached hydrogen (secondary N) is 1. The lowest BCUT2D eigenvalue weighted by molar-refractivity contribution is -0.172. The highest BCUT2D eigenvalue weighted by atomic mass is 16.6. The first-order chi connectivity index (χ1) is 16.6. The molecule has 0 aliphatic heterocycles. The summed E-state index contributed by atoms with van der Waals surface area (Å²) in [5, 5.41) is 0.632. The van der Waals surface area contributed by atoms with Gasteiger partial charge in [0, 0.05) is 6.42 Å². The summed E-state index contributed by atoms with van der Waals surface area (Å²) >= 11 is 0. The molecule has 0 heterocycles. The van der Waals surface area contributed by atoms with E-state index >= 15 is 0 Å². The Morgan fingerprint density at radius 3 is 1.94 bits per heavy atom. The summed E-state index contributed by atoms with van der Waals surface area (Å²) in [6.07, 6.45) is -1.75. The fourth-order valence-electron chi connectivity index (χ4n) is 3.68. The molecule has 1 fully saturated rings. The average molecular weight is 483 g/mol. The minimum absolute atomic E-state index is 0.0276. The third-order valence-electron chi connectivity index (χ3n) is 5.33. The van der Waals surface area contributed by atoms with Gasteiger partial charge in [0.05, 0.1) is 0 Å². The molecular weight excluding hydrogens is 452 g/mol. The summed E-state index contributed by atoms with van der Waals surface area (Å²) < 4.78 is 16.1. The molecule has 35 heavy (non-hydrogen) atoms. The third kappa shape index (κ3) is 6.59. The summed E-state index contributed by atoms with van der Waals surface area (Å²) in [4.78, 5) is 52.2. The molecule has 0 radical (unpaired) electrons. The lowest BCUT2D eigenvalue weighted by atomic mass is 9.95. The second kappa shape index (κ2) is 11.0. The van der Waals surface area contributed by atoms with Crippen LogP contribution in [0, 0.1) is 0 Å². The molecule has 3 rings (SSSR count). The van der Waals surface area contributed by atoms with Crippen LogP contribution in [-0.2, 0) is 37.0 Å². The SMILES string of the molecule is CC(C)(C)OC(=O)[C@]1(N(NC(=O)OCc2ccccc2)C(=O)OCc2ccccc2)CCCC1=O. The first-order valence-corrected chi connectivity index (χ1v) is 11.4. The third-order valence-corrected chi connectivity index (χ3v) is 5.33. The number of hydrogen-bond acceptors (Lipinski definition) is 7. The molecule has 0 unspecified atom stereocenters. The minimum atomic E-state index is -2.06. The summed E-state index contributed by atoms with van der Waals surface area (Å²) in [6, 6.07) is 17.8. The molecule has 0 aromatic heterocycles. The smallest absolute Gasteiger partial charge is 0.430 e. The molecule has 1 aliphatic carbocycles. The lowest BCUT2D eigenvalue weighted by Gasteiger charge is -2.37. The van der Waals surface area contributed by atoms with Gasteiger partial charge in [-0.25, -0.2) is 19.8 Å². The molecule has 1 aliphatic rings. The standard InChI is InChI=1S/C26H30N2O7/c1-25(2,3)35-22(30)26(16-10-15-21(26)29)28(24(32)34-18-20-13-8-5-9-14-20)27-23(31)33-17-19-11-6-4-7-12-19/h4-9,11-14H,10,15-18H2,1-3H3,(H,27,31)/t26-/m0/s1. The van der Waals surface area contributed by atoms with E-state index in [9.17, 15) is 19.2 Å². The second-order valence-corrected chi connectivity index (χ2v) is 9.19. The molecule has 2 aromatic carbocycles. The quantitative estimate of drug-likeness (QED) is 0.283. The Bertz CT molecular complexity index is 1050. The van der Waals surface area contributed by atoms with Gasteiger partial charge in [0.25, 0.3) is 0 Å². The second-order valence-electron chi connectivity index (χ2n) is 9.19. The van der Waals surface area contributed by atoms with Gasteiger partial charge in [-0.2, -0.15) is 5.01 Å². The molecular formula is C26H30N2O7. The fourth-order valence-corrected chi connectivity index (χ4v) is 3.68. The fraction of sp³-hybridized carbons (Fsp3) is 0.385. The Hall–Kier alpha value is -3.88. The zero-order chi connectivity index (χ0) is 25.5. The molecule has 0 saturated heterocycles. The van der Waals surface area contributed by atoms with E-state index in [0.29, 0.717) is 17.0 Å². The molecule has 186 valence electrons. The van der Waals surface area contributed by atoms with Crippen LogP contribution in [0.4, 0.5) is 9.59 Å². The van der Waals surface area contributed by atoms with Crippen LogP contribution in [0.3, 0.4) is 0 Å². The van der Waals surface area contributed by atoms with Crippen molar-refractivity contribution >= 4 is 23.9 Å². The number of carbonyl (C=O) groups is 4. The van der Waals surface area contributed by atoms with E-state index in [1.807, 2.05) is 12.1 Å². The van der Waals surface area contributed by atoms with Gasteiger partial charge in [-0.1, -0.05) is 60.7 Å². The van der Waals surface area contributed by atoms with Crippen LogP contribution < -0.4 is 5.43 Å². The molecule has 0 bridgehead atoms. The van der Waals surface area contributed by atoms with Crippen LogP contribution in [0.5, 0.6) is 0 Å². The van der Waals surface area contributed by atoms with E-state index in [-0.39, 0.29) is 26.1 Å². The van der Waals surface area contributed by atoms with Crippen molar-refractivity contribution in [2.24, 2.45) is 0 Å². The molecule has 2 amide bonds. The minimum Gasteiger partial charge on any atom is -0.458 e. The largest absolute Gasteiger partial charge is 0.458 e. The van der Waals surface area contributed by atoms with Crippen LogP contribution in [0.2, 0.25) is 0 Å². The normalized spacial score (nSPS) is 17.4.